The minimum atomic E-state index is -3.72. The third kappa shape index (κ3) is 3.51. The van der Waals surface area contributed by atoms with Crippen LogP contribution >= 0.6 is 0 Å². The highest BCUT2D eigenvalue weighted by molar-refractivity contribution is 7.92. The molecule has 0 atom stereocenters. The molecule has 0 saturated carbocycles. The van der Waals surface area contributed by atoms with Gasteiger partial charge in [-0.15, -0.1) is 0 Å². The molecule has 22 heavy (non-hydrogen) atoms. The Hall–Kier alpha value is -2.21. The molecule has 0 bridgehead atoms. The van der Waals surface area contributed by atoms with Gasteiger partial charge >= 0.3 is 0 Å². The van der Waals surface area contributed by atoms with Crippen molar-refractivity contribution in [3.8, 4) is 11.5 Å². The highest BCUT2D eigenvalue weighted by atomic mass is 32.2. The number of benzene rings is 2. The number of methoxy groups -OCH3 is 2. The van der Waals surface area contributed by atoms with Crippen LogP contribution in [0.3, 0.4) is 0 Å². The van der Waals surface area contributed by atoms with Gasteiger partial charge in [0, 0.05) is 5.69 Å². The van der Waals surface area contributed by atoms with Crippen LogP contribution in [-0.4, -0.2) is 22.6 Å². The van der Waals surface area contributed by atoms with Crippen LogP contribution in [-0.2, 0) is 16.4 Å². The average molecular weight is 321 g/mol. The highest BCUT2D eigenvalue weighted by Crippen LogP contribution is 2.27. The quantitative estimate of drug-likeness (QED) is 0.888. The fourth-order valence-electron chi connectivity index (χ4n) is 2.02. The molecule has 0 aromatic heterocycles. The molecule has 2 rings (SSSR count). The lowest BCUT2D eigenvalue weighted by Gasteiger charge is -2.13. The predicted molar refractivity (Wildman–Crippen MR) is 86.2 cm³/mol. The number of aryl methyl sites for hydroxylation is 1. The molecule has 0 aliphatic heterocycles. The van der Waals surface area contributed by atoms with Gasteiger partial charge in [0.15, 0.2) is 0 Å². The van der Waals surface area contributed by atoms with E-state index in [-0.39, 0.29) is 4.90 Å². The first-order valence-corrected chi connectivity index (χ1v) is 8.32. The summed E-state index contributed by atoms with van der Waals surface area (Å²) in [5, 5.41) is 0. The van der Waals surface area contributed by atoms with Gasteiger partial charge in [0.05, 0.1) is 14.2 Å². The monoisotopic (exact) mass is 321 g/mol. The molecule has 0 fully saturated rings. The molecule has 2 aromatic rings. The van der Waals surface area contributed by atoms with Gasteiger partial charge in [-0.2, -0.15) is 0 Å². The van der Waals surface area contributed by atoms with Gasteiger partial charge in [0.2, 0.25) is 0 Å². The zero-order valence-corrected chi connectivity index (χ0v) is 13.6. The fourth-order valence-corrected chi connectivity index (χ4v) is 3.30. The number of hydrogen-bond donors (Lipinski definition) is 1. The maximum Gasteiger partial charge on any atom is 0.265 e. The van der Waals surface area contributed by atoms with Crippen LogP contribution in [0.15, 0.2) is 47.4 Å². The van der Waals surface area contributed by atoms with Crippen LogP contribution in [0.2, 0.25) is 0 Å². The summed E-state index contributed by atoms with van der Waals surface area (Å²) in [7, 11) is -0.716. The Bertz CT molecular complexity index is 739. The second-order valence-corrected chi connectivity index (χ2v) is 6.32. The van der Waals surface area contributed by atoms with Gasteiger partial charge < -0.3 is 9.47 Å². The predicted octanol–water partition coefficient (Wildman–Crippen LogP) is 3.07. The molecule has 0 radical (unpaired) electrons. The maximum absolute atomic E-state index is 12.6. The molecule has 1 N–H and O–H groups in total. The number of ether oxygens (including phenoxy) is 2. The first-order valence-electron chi connectivity index (χ1n) is 6.84. The SMILES string of the molecule is CCc1ccc(OC)c(S(=O)(=O)Nc2ccc(OC)cc2)c1. The molecular formula is C16H19NO4S. The summed E-state index contributed by atoms with van der Waals surface area (Å²) in [6, 6.07) is 11.8. The summed E-state index contributed by atoms with van der Waals surface area (Å²) in [5.41, 5.74) is 1.39. The van der Waals surface area contributed by atoms with E-state index in [1.165, 1.54) is 7.11 Å². The Labute approximate surface area is 130 Å². The summed E-state index contributed by atoms with van der Waals surface area (Å²) >= 11 is 0. The lowest BCUT2D eigenvalue weighted by Crippen LogP contribution is -2.14. The minimum Gasteiger partial charge on any atom is -0.497 e. The second kappa shape index (κ2) is 6.70. The van der Waals surface area contributed by atoms with Crippen LogP contribution in [0, 0.1) is 0 Å². The molecule has 0 saturated heterocycles. The van der Waals surface area contributed by atoms with E-state index in [1.807, 2.05) is 13.0 Å². The van der Waals surface area contributed by atoms with Crippen LogP contribution in [0.5, 0.6) is 11.5 Å². The summed E-state index contributed by atoms with van der Waals surface area (Å²) in [6.07, 6.45) is 0.745. The van der Waals surface area contributed by atoms with Crippen molar-refractivity contribution in [3.05, 3.63) is 48.0 Å². The number of hydrogen-bond acceptors (Lipinski definition) is 4. The highest BCUT2D eigenvalue weighted by Gasteiger charge is 2.20. The third-order valence-corrected chi connectivity index (χ3v) is 4.67. The lowest BCUT2D eigenvalue weighted by atomic mass is 10.2. The summed E-state index contributed by atoms with van der Waals surface area (Å²) in [6.45, 7) is 1.97. The second-order valence-electron chi connectivity index (χ2n) is 4.67. The van der Waals surface area contributed by atoms with Crippen LogP contribution in [0.1, 0.15) is 12.5 Å². The van der Waals surface area contributed by atoms with Crippen molar-refractivity contribution in [2.45, 2.75) is 18.2 Å². The van der Waals surface area contributed by atoms with Gasteiger partial charge in [-0.05, 0) is 48.4 Å². The summed E-state index contributed by atoms with van der Waals surface area (Å²) in [4.78, 5) is 0.130. The van der Waals surface area contributed by atoms with Gasteiger partial charge in [0.25, 0.3) is 10.0 Å². The number of anilines is 1. The molecular weight excluding hydrogens is 302 g/mol. The normalized spacial score (nSPS) is 11.0. The molecule has 0 aliphatic rings. The van der Waals surface area contributed by atoms with Crippen molar-refractivity contribution >= 4 is 15.7 Å². The fraction of sp³-hybridized carbons (Fsp3) is 0.250. The van der Waals surface area contributed by atoms with Crippen LogP contribution in [0.25, 0.3) is 0 Å². The molecule has 0 aliphatic carbocycles. The molecule has 0 spiro atoms. The average Bonchev–Trinajstić information content (AvgIpc) is 2.54. The van der Waals surface area contributed by atoms with Crippen molar-refractivity contribution in [1.82, 2.24) is 0 Å². The number of nitrogens with one attached hydrogen (secondary N) is 1. The molecule has 0 heterocycles. The van der Waals surface area contributed by atoms with Crippen LogP contribution < -0.4 is 14.2 Å². The van der Waals surface area contributed by atoms with Crippen molar-refractivity contribution in [3.63, 3.8) is 0 Å². The van der Waals surface area contributed by atoms with E-state index >= 15 is 0 Å². The van der Waals surface area contributed by atoms with Gasteiger partial charge in [-0.25, -0.2) is 8.42 Å². The first kappa shape index (κ1) is 16.2. The Kier molecular flexibility index (Phi) is 4.92. The van der Waals surface area contributed by atoms with E-state index < -0.39 is 10.0 Å². The Morgan fingerprint density at radius 2 is 1.68 bits per heavy atom. The lowest BCUT2D eigenvalue weighted by molar-refractivity contribution is 0.402. The van der Waals surface area contributed by atoms with Crippen molar-refractivity contribution in [2.75, 3.05) is 18.9 Å². The van der Waals surface area contributed by atoms with Gasteiger partial charge in [0.1, 0.15) is 16.4 Å². The smallest absolute Gasteiger partial charge is 0.265 e. The first-order chi connectivity index (χ1) is 10.5. The molecule has 5 nitrogen and oxygen atoms in total. The molecule has 118 valence electrons. The molecule has 0 unspecified atom stereocenters. The molecule has 0 amide bonds. The Balaban J connectivity index is 2.36. The number of rotatable bonds is 6. The van der Waals surface area contributed by atoms with E-state index in [0.717, 1.165) is 12.0 Å². The van der Waals surface area contributed by atoms with Crippen molar-refractivity contribution in [2.24, 2.45) is 0 Å². The third-order valence-electron chi connectivity index (χ3n) is 3.27. The maximum atomic E-state index is 12.6. The van der Waals surface area contributed by atoms with Crippen molar-refractivity contribution < 1.29 is 17.9 Å². The van der Waals surface area contributed by atoms with Crippen LogP contribution in [0.4, 0.5) is 5.69 Å². The van der Waals surface area contributed by atoms with Gasteiger partial charge in [-0.1, -0.05) is 13.0 Å². The Morgan fingerprint density at radius 1 is 1.00 bits per heavy atom. The zero-order chi connectivity index (χ0) is 16.2. The van der Waals surface area contributed by atoms with E-state index in [1.54, 1.807) is 43.5 Å². The van der Waals surface area contributed by atoms with E-state index in [2.05, 4.69) is 4.72 Å². The summed E-state index contributed by atoms with van der Waals surface area (Å²) < 4.78 is 37.9. The molecule has 2 aromatic carbocycles. The number of sulfonamides is 1. The van der Waals surface area contributed by atoms with E-state index in [0.29, 0.717) is 17.2 Å². The molecule has 6 heteroatoms. The zero-order valence-electron chi connectivity index (χ0n) is 12.8. The Morgan fingerprint density at radius 3 is 2.23 bits per heavy atom. The van der Waals surface area contributed by atoms with E-state index in [9.17, 15) is 8.42 Å². The summed E-state index contributed by atoms with van der Waals surface area (Å²) in [5.74, 6) is 0.978. The van der Waals surface area contributed by atoms with Crippen molar-refractivity contribution in [1.29, 1.82) is 0 Å². The topological polar surface area (TPSA) is 64.6 Å². The standard InChI is InChI=1S/C16H19NO4S/c1-4-12-5-10-15(21-3)16(11-12)22(18,19)17-13-6-8-14(20-2)9-7-13/h5-11,17H,4H2,1-3H3. The minimum absolute atomic E-state index is 0.130. The van der Waals surface area contributed by atoms with Gasteiger partial charge in [-0.3, -0.25) is 4.72 Å². The largest absolute Gasteiger partial charge is 0.497 e. The van der Waals surface area contributed by atoms with E-state index in [4.69, 9.17) is 9.47 Å².